The van der Waals surface area contributed by atoms with Crippen molar-refractivity contribution in [3.63, 3.8) is 0 Å². The maximum atomic E-state index is 5.72. The molecule has 1 aliphatic rings. The van der Waals surface area contributed by atoms with Crippen molar-refractivity contribution in [3.05, 3.63) is 41.6 Å². The van der Waals surface area contributed by atoms with Gasteiger partial charge in [0.1, 0.15) is 0 Å². The van der Waals surface area contributed by atoms with Crippen LogP contribution in [0.2, 0.25) is 0 Å². The smallest absolute Gasteiger partial charge is 0.0926 e. The van der Waals surface area contributed by atoms with Crippen LogP contribution < -0.4 is 0 Å². The third-order valence-electron chi connectivity index (χ3n) is 2.05. The number of benzene rings is 1. The minimum Gasteiger partial charge on any atom is -0.360 e. The van der Waals surface area contributed by atoms with Crippen molar-refractivity contribution in [3.8, 4) is 0 Å². The zero-order valence-corrected chi connectivity index (χ0v) is 8.68. The zero-order valence-electron chi connectivity index (χ0n) is 7.11. The second kappa shape index (κ2) is 4.54. The lowest BCUT2D eigenvalue weighted by atomic mass is 10.1. The van der Waals surface area contributed by atoms with E-state index in [4.69, 9.17) is 11.6 Å². The fourth-order valence-corrected chi connectivity index (χ4v) is 1.54. The quantitative estimate of drug-likeness (QED) is 0.515. The third-order valence-corrected chi connectivity index (χ3v) is 2.35. The molecule has 70 valence electrons. The Kier molecular flexibility index (Phi) is 3.64. The first-order valence-electron chi connectivity index (χ1n) is 3.96. The summed E-state index contributed by atoms with van der Waals surface area (Å²) in [6.07, 6.45) is 4.14. The number of halogens is 2. The van der Waals surface area contributed by atoms with Gasteiger partial charge in [-0.2, -0.15) is 0 Å². The summed E-state index contributed by atoms with van der Waals surface area (Å²) in [6.45, 7) is 0.927. The maximum Gasteiger partial charge on any atom is 0.0926 e. The van der Waals surface area contributed by atoms with Gasteiger partial charge in [-0.25, -0.2) is 0 Å². The Balaban J connectivity index is 0.000000845. The summed E-state index contributed by atoms with van der Waals surface area (Å²) in [5.74, 6) is 0. The molecule has 1 nitrogen and oxygen atoms in total. The summed E-state index contributed by atoms with van der Waals surface area (Å²) in [5, 5.41) is 0. The minimum absolute atomic E-state index is 0. The molecule has 1 aromatic carbocycles. The van der Waals surface area contributed by atoms with Crippen LogP contribution in [0.5, 0.6) is 0 Å². The van der Waals surface area contributed by atoms with Crippen LogP contribution in [0, 0.1) is 0 Å². The summed E-state index contributed by atoms with van der Waals surface area (Å²) in [5.41, 5.74) is 2.65. The molecule has 0 spiro atoms. The van der Waals surface area contributed by atoms with Crippen molar-refractivity contribution in [1.82, 2.24) is 4.90 Å². The lowest BCUT2D eigenvalue weighted by molar-refractivity contribution is 0.427. The van der Waals surface area contributed by atoms with Crippen LogP contribution in [0.15, 0.2) is 30.5 Å². The fourth-order valence-electron chi connectivity index (χ4n) is 1.38. The third kappa shape index (κ3) is 2.17. The summed E-state index contributed by atoms with van der Waals surface area (Å²) < 4.78 is 0. The lowest BCUT2D eigenvalue weighted by Gasteiger charge is -2.22. The van der Waals surface area contributed by atoms with Gasteiger partial charge in [-0.05, 0) is 17.2 Å². The van der Waals surface area contributed by atoms with Gasteiger partial charge in [0.05, 0.1) is 6.00 Å². The van der Waals surface area contributed by atoms with Gasteiger partial charge in [0.25, 0.3) is 0 Å². The maximum absolute atomic E-state index is 5.72. The molecule has 0 atom stereocenters. The molecule has 0 radical (unpaired) electrons. The number of hydrogen-bond acceptors (Lipinski definition) is 1. The zero-order chi connectivity index (χ0) is 8.39. The van der Waals surface area contributed by atoms with Crippen LogP contribution >= 0.6 is 24.0 Å². The Labute approximate surface area is 89.4 Å². The van der Waals surface area contributed by atoms with Gasteiger partial charge < -0.3 is 4.90 Å². The normalized spacial score (nSPS) is 13.5. The van der Waals surface area contributed by atoms with E-state index in [9.17, 15) is 0 Å². The largest absolute Gasteiger partial charge is 0.360 e. The van der Waals surface area contributed by atoms with E-state index in [1.54, 1.807) is 0 Å². The SMILES string of the molecule is Cl.ClCN1C=Cc2ccccc2C1. The highest BCUT2D eigenvalue weighted by Gasteiger charge is 2.07. The molecule has 13 heavy (non-hydrogen) atoms. The average Bonchev–Trinajstić information content (AvgIpc) is 2.17. The summed E-state index contributed by atoms with van der Waals surface area (Å²) >= 11 is 5.72. The molecule has 0 saturated heterocycles. The van der Waals surface area contributed by atoms with Crippen molar-refractivity contribution in [2.75, 3.05) is 6.00 Å². The number of rotatable bonds is 1. The number of hydrogen-bond donors (Lipinski definition) is 0. The van der Waals surface area contributed by atoms with E-state index < -0.39 is 0 Å². The Bertz CT molecular complexity index is 310. The Morgan fingerprint density at radius 3 is 2.85 bits per heavy atom. The molecular formula is C10H11Cl2N. The van der Waals surface area contributed by atoms with Gasteiger partial charge >= 0.3 is 0 Å². The molecule has 0 amide bonds. The molecule has 0 bridgehead atoms. The molecule has 1 heterocycles. The van der Waals surface area contributed by atoms with Crippen LogP contribution in [0.4, 0.5) is 0 Å². The average molecular weight is 216 g/mol. The van der Waals surface area contributed by atoms with E-state index in [0.29, 0.717) is 6.00 Å². The molecule has 0 unspecified atom stereocenters. The molecule has 0 fully saturated rings. The van der Waals surface area contributed by atoms with Crippen LogP contribution in [0.1, 0.15) is 11.1 Å². The van der Waals surface area contributed by atoms with Crippen LogP contribution in [0.25, 0.3) is 6.08 Å². The highest BCUT2D eigenvalue weighted by molar-refractivity contribution is 6.17. The molecule has 0 aromatic heterocycles. The van der Waals surface area contributed by atoms with Crippen molar-refractivity contribution >= 4 is 30.1 Å². The standard InChI is InChI=1S/C10H10ClN.ClH/c11-8-12-6-5-9-3-1-2-4-10(9)7-12;/h1-6H,7-8H2;1H. The van der Waals surface area contributed by atoms with E-state index in [1.807, 2.05) is 6.20 Å². The number of fused-ring (bicyclic) bond motifs is 1. The second-order valence-corrected chi connectivity index (χ2v) is 3.12. The first-order valence-corrected chi connectivity index (χ1v) is 4.50. The molecule has 2 rings (SSSR count). The second-order valence-electron chi connectivity index (χ2n) is 2.88. The van der Waals surface area contributed by atoms with E-state index in [0.717, 1.165) is 6.54 Å². The number of nitrogens with zero attached hydrogens (tertiary/aromatic N) is 1. The predicted molar refractivity (Wildman–Crippen MR) is 59.0 cm³/mol. The van der Waals surface area contributed by atoms with Crippen LogP contribution in [-0.2, 0) is 6.54 Å². The van der Waals surface area contributed by atoms with Crippen molar-refractivity contribution < 1.29 is 0 Å². The monoisotopic (exact) mass is 215 g/mol. The molecule has 1 aliphatic heterocycles. The van der Waals surface area contributed by atoms with Gasteiger partial charge in [0, 0.05) is 12.7 Å². The van der Waals surface area contributed by atoms with E-state index in [-0.39, 0.29) is 12.4 Å². The molecule has 0 saturated carbocycles. The minimum atomic E-state index is 0. The van der Waals surface area contributed by atoms with E-state index in [2.05, 4.69) is 35.2 Å². The van der Waals surface area contributed by atoms with Gasteiger partial charge in [-0.1, -0.05) is 24.3 Å². The fraction of sp³-hybridized carbons (Fsp3) is 0.200. The Hall–Kier alpha value is -0.660. The first-order chi connectivity index (χ1) is 5.90. The molecule has 0 aliphatic carbocycles. The first kappa shape index (κ1) is 10.4. The Morgan fingerprint density at radius 1 is 1.31 bits per heavy atom. The van der Waals surface area contributed by atoms with Crippen LogP contribution in [0.3, 0.4) is 0 Å². The van der Waals surface area contributed by atoms with Crippen LogP contribution in [-0.4, -0.2) is 10.9 Å². The molecule has 0 N–H and O–H groups in total. The number of alkyl halides is 1. The highest BCUT2D eigenvalue weighted by atomic mass is 35.5. The van der Waals surface area contributed by atoms with Crippen molar-refractivity contribution in [2.45, 2.75) is 6.54 Å². The van der Waals surface area contributed by atoms with Crippen molar-refractivity contribution in [1.29, 1.82) is 0 Å². The van der Waals surface area contributed by atoms with Gasteiger partial charge in [-0.15, -0.1) is 24.0 Å². The predicted octanol–water partition coefficient (Wildman–Crippen LogP) is 3.09. The van der Waals surface area contributed by atoms with Crippen molar-refractivity contribution in [2.24, 2.45) is 0 Å². The highest BCUT2D eigenvalue weighted by Crippen LogP contribution is 2.18. The summed E-state index contributed by atoms with van der Waals surface area (Å²) in [4.78, 5) is 2.07. The van der Waals surface area contributed by atoms with Gasteiger partial charge in [0.2, 0.25) is 0 Å². The molecule has 1 aromatic rings. The van der Waals surface area contributed by atoms with E-state index >= 15 is 0 Å². The molecular weight excluding hydrogens is 205 g/mol. The Morgan fingerprint density at radius 2 is 2.08 bits per heavy atom. The topological polar surface area (TPSA) is 3.24 Å². The van der Waals surface area contributed by atoms with Gasteiger partial charge in [-0.3, -0.25) is 0 Å². The summed E-state index contributed by atoms with van der Waals surface area (Å²) in [6, 6.07) is 8.94. The summed E-state index contributed by atoms with van der Waals surface area (Å²) in [7, 11) is 0. The van der Waals surface area contributed by atoms with E-state index in [1.165, 1.54) is 11.1 Å². The molecule has 3 heteroatoms. The van der Waals surface area contributed by atoms with Gasteiger partial charge in [0.15, 0.2) is 0 Å². The lowest BCUT2D eigenvalue weighted by Crippen LogP contribution is -2.17.